The Bertz CT molecular complexity index is 521. The zero-order chi connectivity index (χ0) is 12.7. The van der Waals surface area contributed by atoms with Crippen LogP contribution in [0.4, 0.5) is 0 Å². The zero-order valence-corrected chi connectivity index (χ0v) is 11.6. The number of aromatic nitrogens is 4. The van der Waals surface area contributed by atoms with E-state index in [4.69, 9.17) is 11.6 Å². The van der Waals surface area contributed by atoms with Gasteiger partial charge < -0.3 is 4.57 Å². The van der Waals surface area contributed by atoms with Gasteiger partial charge in [0, 0.05) is 18.4 Å². The van der Waals surface area contributed by atoms with Crippen molar-refractivity contribution >= 4 is 11.6 Å². The van der Waals surface area contributed by atoms with E-state index in [0.717, 1.165) is 5.82 Å². The van der Waals surface area contributed by atoms with Crippen LogP contribution in [0.2, 0.25) is 5.28 Å². The topological polar surface area (TPSA) is 35.6 Å². The molecular weight excluding hydrogens is 236 g/mol. The number of hydrogen-bond donors (Lipinski definition) is 0. The molecule has 2 rings (SSSR count). The Kier molecular flexibility index (Phi) is 3.00. The predicted octanol–water partition coefficient (Wildman–Crippen LogP) is 2.55. The van der Waals surface area contributed by atoms with Gasteiger partial charge in [-0.05, 0) is 50.4 Å². The van der Waals surface area contributed by atoms with E-state index < -0.39 is 0 Å². The molecule has 0 bridgehead atoms. The van der Waals surface area contributed by atoms with Crippen LogP contribution in [0.3, 0.4) is 0 Å². The maximum atomic E-state index is 5.89. The van der Waals surface area contributed by atoms with Gasteiger partial charge in [0.15, 0.2) is 5.82 Å². The van der Waals surface area contributed by atoms with Crippen LogP contribution in [-0.2, 0) is 13.6 Å². The van der Waals surface area contributed by atoms with Crippen LogP contribution >= 0.6 is 11.6 Å². The Balaban J connectivity index is 2.39. The molecule has 0 radical (unpaired) electrons. The Morgan fingerprint density at radius 3 is 2.00 bits per heavy atom. The predicted molar refractivity (Wildman–Crippen MR) is 68.5 cm³/mol. The molecule has 0 fully saturated rings. The Labute approximate surface area is 106 Å². The van der Waals surface area contributed by atoms with Gasteiger partial charge >= 0.3 is 0 Å². The number of halogens is 1. The van der Waals surface area contributed by atoms with E-state index in [1.165, 1.54) is 22.5 Å². The highest BCUT2D eigenvalue weighted by Crippen LogP contribution is 2.21. The van der Waals surface area contributed by atoms with Gasteiger partial charge in [0.2, 0.25) is 5.28 Å². The van der Waals surface area contributed by atoms with Crippen molar-refractivity contribution < 1.29 is 0 Å². The highest BCUT2D eigenvalue weighted by atomic mass is 35.5. The molecule has 0 unspecified atom stereocenters. The largest absolute Gasteiger partial charge is 0.341 e. The van der Waals surface area contributed by atoms with E-state index >= 15 is 0 Å². The van der Waals surface area contributed by atoms with Gasteiger partial charge in [-0.25, -0.2) is 4.68 Å². The minimum Gasteiger partial charge on any atom is -0.341 e. The monoisotopic (exact) mass is 252 g/mol. The molecule has 4 nitrogen and oxygen atoms in total. The summed E-state index contributed by atoms with van der Waals surface area (Å²) in [5.41, 5.74) is 5.21. The molecule has 0 N–H and O–H groups in total. The van der Waals surface area contributed by atoms with Crippen molar-refractivity contribution in [2.24, 2.45) is 7.05 Å². The van der Waals surface area contributed by atoms with Crippen LogP contribution in [-0.4, -0.2) is 19.3 Å². The minimum absolute atomic E-state index is 0.427. The third-order valence-electron chi connectivity index (χ3n) is 3.51. The van der Waals surface area contributed by atoms with E-state index in [1.54, 1.807) is 11.7 Å². The number of hydrogen-bond acceptors (Lipinski definition) is 2. The molecular formula is C12H17ClN4. The van der Waals surface area contributed by atoms with Crippen molar-refractivity contribution in [3.63, 3.8) is 0 Å². The third-order valence-corrected chi connectivity index (χ3v) is 3.84. The van der Waals surface area contributed by atoms with E-state index in [-0.39, 0.29) is 0 Å². The quantitative estimate of drug-likeness (QED) is 0.824. The van der Waals surface area contributed by atoms with E-state index in [1.807, 2.05) is 0 Å². The molecule has 0 amide bonds. The van der Waals surface area contributed by atoms with Gasteiger partial charge in [-0.15, -0.1) is 0 Å². The fraction of sp³-hybridized carbons (Fsp3) is 0.500. The normalized spacial score (nSPS) is 11.2. The maximum Gasteiger partial charge on any atom is 0.220 e. The van der Waals surface area contributed by atoms with Gasteiger partial charge in [-0.3, -0.25) is 0 Å². The summed E-state index contributed by atoms with van der Waals surface area (Å²) < 4.78 is 3.82. The van der Waals surface area contributed by atoms with Crippen molar-refractivity contribution in [2.45, 2.75) is 34.2 Å². The van der Waals surface area contributed by atoms with Crippen molar-refractivity contribution in [1.82, 2.24) is 19.3 Å². The average Bonchev–Trinajstić information content (AvgIpc) is 2.68. The number of rotatable bonds is 2. The SMILES string of the molecule is Cc1c(C)c(C)n(Cc2nc(Cl)n(C)n2)c1C. The Morgan fingerprint density at radius 1 is 1.06 bits per heavy atom. The lowest BCUT2D eigenvalue weighted by atomic mass is 10.2. The highest BCUT2D eigenvalue weighted by Gasteiger charge is 2.13. The summed E-state index contributed by atoms with van der Waals surface area (Å²) in [4.78, 5) is 4.22. The lowest BCUT2D eigenvalue weighted by molar-refractivity contribution is 0.680. The Morgan fingerprint density at radius 2 is 1.59 bits per heavy atom. The molecule has 0 saturated heterocycles. The summed E-state index contributed by atoms with van der Waals surface area (Å²) in [7, 11) is 1.80. The molecule has 5 heteroatoms. The molecule has 0 aliphatic heterocycles. The van der Waals surface area contributed by atoms with Gasteiger partial charge in [-0.1, -0.05) is 0 Å². The smallest absolute Gasteiger partial charge is 0.220 e. The zero-order valence-electron chi connectivity index (χ0n) is 10.9. The summed E-state index contributed by atoms with van der Waals surface area (Å²) >= 11 is 5.89. The molecule has 2 aromatic heterocycles. The fourth-order valence-corrected chi connectivity index (χ4v) is 2.20. The molecule has 0 aliphatic rings. The van der Waals surface area contributed by atoms with Crippen molar-refractivity contribution in [2.75, 3.05) is 0 Å². The molecule has 2 aromatic rings. The highest BCUT2D eigenvalue weighted by molar-refractivity contribution is 6.28. The van der Waals surface area contributed by atoms with Gasteiger partial charge in [0.25, 0.3) is 0 Å². The van der Waals surface area contributed by atoms with Crippen LogP contribution in [0.15, 0.2) is 0 Å². The first-order valence-corrected chi connectivity index (χ1v) is 5.98. The first kappa shape index (κ1) is 12.2. The molecule has 0 aromatic carbocycles. The van der Waals surface area contributed by atoms with Crippen LogP contribution in [0.1, 0.15) is 28.3 Å². The van der Waals surface area contributed by atoms with Crippen molar-refractivity contribution in [3.8, 4) is 0 Å². The average molecular weight is 253 g/mol. The summed E-state index contributed by atoms with van der Waals surface area (Å²) in [5.74, 6) is 0.749. The molecule has 17 heavy (non-hydrogen) atoms. The number of nitrogens with zero attached hydrogens (tertiary/aromatic N) is 4. The molecule has 2 heterocycles. The van der Waals surface area contributed by atoms with Crippen LogP contribution in [0, 0.1) is 27.7 Å². The first-order chi connectivity index (χ1) is 7.91. The fourth-order valence-electron chi connectivity index (χ4n) is 2.06. The summed E-state index contributed by atoms with van der Waals surface area (Å²) in [6, 6.07) is 0. The second-order valence-electron chi connectivity index (χ2n) is 4.43. The van der Waals surface area contributed by atoms with Crippen LogP contribution in [0.5, 0.6) is 0 Å². The Hall–Kier alpha value is -1.29. The summed E-state index contributed by atoms with van der Waals surface area (Å²) in [6.45, 7) is 9.21. The van der Waals surface area contributed by atoms with Gasteiger partial charge in [0.05, 0.1) is 6.54 Å². The van der Waals surface area contributed by atoms with Crippen molar-refractivity contribution in [3.05, 3.63) is 33.6 Å². The first-order valence-electron chi connectivity index (χ1n) is 5.60. The molecule has 0 spiro atoms. The van der Waals surface area contributed by atoms with E-state index in [2.05, 4.69) is 42.3 Å². The van der Waals surface area contributed by atoms with Gasteiger partial charge in [0.1, 0.15) is 0 Å². The summed E-state index contributed by atoms with van der Waals surface area (Å²) in [6.07, 6.45) is 0. The minimum atomic E-state index is 0.427. The van der Waals surface area contributed by atoms with Crippen LogP contribution < -0.4 is 0 Å². The second-order valence-corrected chi connectivity index (χ2v) is 4.77. The van der Waals surface area contributed by atoms with E-state index in [0.29, 0.717) is 11.8 Å². The molecule has 0 atom stereocenters. The van der Waals surface area contributed by atoms with Crippen LogP contribution in [0.25, 0.3) is 0 Å². The lowest BCUT2D eigenvalue weighted by Crippen LogP contribution is -2.06. The lowest BCUT2D eigenvalue weighted by Gasteiger charge is -2.06. The van der Waals surface area contributed by atoms with Gasteiger partial charge in [-0.2, -0.15) is 10.1 Å². The number of aryl methyl sites for hydroxylation is 1. The summed E-state index contributed by atoms with van der Waals surface area (Å²) in [5, 5.41) is 4.71. The van der Waals surface area contributed by atoms with Crippen molar-refractivity contribution in [1.29, 1.82) is 0 Å². The maximum absolute atomic E-state index is 5.89. The molecule has 92 valence electrons. The molecule has 0 saturated carbocycles. The van der Waals surface area contributed by atoms with E-state index in [9.17, 15) is 0 Å². The third kappa shape index (κ3) is 1.97. The second kappa shape index (κ2) is 4.18. The standard InChI is InChI=1S/C12H17ClN4/c1-7-8(2)10(4)17(9(7)3)6-11-14-12(13)16(5)15-11/h6H2,1-5H3. The molecule has 0 aliphatic carbocycles.